The molecule has 0 atom stereocenters. The summed E-state index contributed by atoms with van der Waals surface area (Å²) in [4.78, 5) is 25.1. The summed E-state index contributed by atoms with van der Waals surface area (Å²) in [7, 11) is 0. The van der Waals surface area contributed by atoms with Gasteiger partial charge in [-0.25, -0.2) is 0 Å². The minimum Gasteiger partial charge on any atom is -0.481 e. The molecule has 1 aliphatic heterocycles. The quantitative estimate of drug-likeness (QED) is 0.654. The van der Waals surface area contributed by atoms with Crippen LogP contribution in [-0.2, 0) is 22.4 Å². The average Bonchev–Trinajstić information content (AvgIpc) is 3.06. The molecule has 1 aromatic rings. The van der Waals surface area contributed by atoms with Crippen LogP contribution >= 0.6 is 24.0 Å². The highest BCUT2D eigenvalue weighted by Crippen LogP contribution is 2.33. The van der Waals surface area contributed by atoms with E-state index in [-0.39, 0.29) is 12.3 Å². The Balaban J connectivity index is 1.72. The van der Waals surface area contributed by atoms with Crippen LogP contribution in [0.5, 0.6) is 0 Å². The summed E-state index contributed by atoms with van der Waals surface area (Å²) in [6.45, 7) is 0.360. The molecule has 6 heteroatoms. The lowest BCUT2D eigenvalue weighted by atomic mass is 10.1. The van der Waals surface area contributed by atoms with Gasteiger partial charge >= 0.3 is 5.97 Å². The number of nitrogens with zero attached hydrogens (tertiary/aromatic N) is 1. The first-order valence-electron chi connectivity index (χ1n) is 7.63. The van der Waals surface area contributed by atoms with E-state index < -0.39 is 5.97 Å². The van der Waals surface area contributed by atoms with Crippen molar-refractivity contribution in [3.63, 3.8) is 0 Å². The molecule has 1 saturated heterocycles. The number of rotatable bonds is 5. The predicted molar refractivity (Wildman–Crippen MR) is 95.2 cm³/mol. The molecule has 23 heavy (non-hydrogen) atoms. The van der Waals surface area contributed by atoms with Gasteiger partial charge < -0.3 is 5.11 Å². The second-order valence-electron chi connectivity index (χ2n) is 5.71. The zero-order chi connectivity index (χ0) is 16.4. The van der Waals surface area contributed by atoms with E-state index >= 15 is 0 Å². The molecule has 0 saturated carbocycles. The van der Waals surface area contributed by atoms with Crippen molar-refractivity contribution in [2.24, 2.45) is 0 Å². The number of aryl methyl sites for hydroxylation is 2. The van der Waals surface area contributed by atoms with Crippen LogP contribution in [0, 0.1) is 0 Å². The molecule has 0 radical (unpaired) electrons. The van der Waals surface area contributed by atoms with Gasteiger partial charge in [0.2, 0.25) is 0 Å². The Morgan fingerprint density at radius 1 is 1.35 bits per heavy atom. The first kappa shape index (κ1) is 16.2. The maximum Gasteiger partial charge on any atom is 0.303 e. The zero-order valence-corrected chi connectivity index (χ0v) is 14.2. The van der Waals surface area contributed by atoms with Crippen LogP contribution in [0.3, 0.4) is 0 Å². The number of thiocarbonyl (C=S) groups is 1. The molecular formula is C17H17NO3S2. The molecule has 1 amide bonds. The van der Waals surface area contributed by atoms with Crippen molar-refractivity contribution in [1.29, 1.82) is 0 Å². The third-order valence-corrected chi connectivity index (χ3v) is 5.44. The lowest BCUT2D eigenvalue weighted by molar-refractivity contribution is -0.137. The van der Waals surface area contributed by atoms with E-state index in [2.05, 4.69) is 12.1 Å². The minimum atomic E-state index is -0.857. The summed E-state index contributed by atoms with van der Waals surface area (Å²) in [6.07, 6.45) is 5.78. The molecule has 120 valence electrons. The van der Waals surface area contributed by atoms with Crippen molar-refractivity contribution in [3.8, 4) is 0 Å². The highest BCUT2D eigenvalue weighted by atomic mass is 32.2. The molecule has 0 aromatic heterocycles. The third-order valence-electron chi connectivity index (χ3n) is 4.07. The number of benzene rings is 1. The van der Waals surface area contributed by atoms with Crippen LogP contribution < -0.4 is 0 Å². The van der Waals surface area contributed by atoms with Gasteiger partial charge in [0.1, 0.15) is 4.32 Å². The molecule has 1 aromatic carbocycles. The Hall–Kier alpha value is -1.66. The molecule has 0 unspecified atom stereocenters. The summed E-state index contributed by atoms with van der Waals surface area (Å²) >= 11 is 6.54. The highest BCUT2D eigenvalue weighted by Gasteiger charge is 2.31. The molecule has 1 heterocycles. The van der Waals surface area contributed by atoms with Crippen molar-refractivity contribution in [1.82, 2.24) is 4.90 Å². The first-order chi connectivity index (χ1) is 11.0. The molecule has 0 spiro atoms. The van der Waals surface area contributed by atoms with Crippen molar-refractivity contribution >= 4 is 46.3 Å². The van der Waals surface area contributed by atoms with Crippen molar-refractivity contribution in [2.75, 3.05) is 6.54 Å². The lowest BCUT2D eigenvalue weighted by Gasteiger charge is -2.13. The van der Waals surface area contributed by atoms with Crippen molar-refractivity contribution < 1.29 is 14.7 Å². The van der Waals surface area contributed by atoms with Crippen molar-refractivity contribution in [2.45, 2.75) is 32.1 Å². The Bertz CT molecular complexity index is 712. The second kappa shape index (κ2) is 6.84. The number of aliphatic carboxylic acids is 1. The summed E-state index contributed by atoms with van der Waals surface area (Å²) in [5, 5.41) is 8.69. The molecule has 2 aliphatic rings. The van der Waals surface area contributed by atoms with Gasteiger partial charge in [0.05, 0.1) is 4.91 Å². The van der Waals surface area contributed by atoms with E-state index in [1.54, 1.807) is 0 Å². The van der Waals surface area contributed by atoms with Crippen LogP contribution in [0.25, 0.3) is 6.08 Å². The zero-order valence-electron chi connectivity index (χ0n) is 12.6. The smallest absolute Gasteiger partial charge is 0.303 e. The first-order valence-corrected chi connectivity index (χ1v) is 8.86. The summed E-state index contributed by atoms with van der Waals surface area (Å²) < 4.78 is 0.507. The van der Waals surface area contributed by atoms with Gasteiger partial charge in [-0.15, -0.1) is 0 Å². The summed E-state index contributed by atoms with van der Waals surface area (Å²) in [5.41, 5.74) is 3.80. The van der Waals surface area contributed by atoms with E-state index in [1.165, 1.54) is 34.2 Å². The maximum absolute atomic E-state index is 12.4. The SMILES string of the molecule is O=C(O)CCCN1C(=O)/C(=C/c2ccc3c(c2)CCC3)SC1=S. The number of fused-ring (bicyclic) bond motifs is 1. The van der Waals surface area contributed by atoms with Gasteiger partial charge in [0, 0.05) is 13.0 Å². The highest BCUT2D eigenvalue weighted by molar-refractivity contribution is 8.26. The number of carbonyl (C=O) groups is 2. The number of carboxylic acid groups (broad SMARTS) is 1. The van der Waals surface area contributed by atoms with E-state index in [0.717, 1.165) is 18.4 Å². The number of hydrogen-bond donors (Lipinski definition) is 1. The molecule has 1 aliphatic carbocycles. The number of hydrogen-bond acceptors (Lipinski definition) is 4. The van der Waals surface area contributed by atoms with Gasteiger partial charge in [-0.05, 0) is 48.4 Å². The summed E-state index contributed by atoms with van der Waals surface area (Å²) in [5.74, 6) is -0.977. The van der Waals surface area contributed by atoms with E-state index in [0.29, 0.717) is 22.2 Å². The number of carboxylic acids is 1. The van der Waals surface area contributed by atoms with Crippen LogP contribution in [0.4, 0.5) is 0 Å². The maximum atomic E-state index is 12.4. The number of amides is 1. The van der Waals surface area contributed by atoms with Gasteiger partial charge in [0.25, 0.3) is 5.91 Å². The van der Waals surface area contributed by atoms with Gasteiger partial charge in [-0.3, -0.25) is 14.5 Å². The topological polar surface area (TPSA) is 57.6 Å². The van der Waals surface area contributed by atoms with Gasteiger partial charge in [-0.2, -0.15) is 0 Å². The summed E-state index contributed by atoms with van der Waals surface area (Å²) in [6, 6.07) is 6.34. The fraction of sp³-hybridized carbons (Fsp3) is 0.353. The number of thioether (sulfide) groups is 1. The Labute approximate surface area is 144 Å². The van der Waals surface area contributed by atoms with E-state index in [9.17, 15) is 9.59 Å². The largest absolute Gasteiger partial charge is 0.481 e. The molecule has 1 fully saturated rings. The minimum absolute atomic E-state index is 0.0426. The van der Waals surface area contributed by atoms with Crippen molar-refractivity contribution in [3.05, 3.63) is 39.8 Å². The van der Waals surface area contributed by atoms with Crippen LogP contribution in [0.15, 0.2) is 23.1 Å². The standard InChI is InChI=1S/C17H17NO3S2/c19-15(20)5-2-8-18-16(21)14(23-17(18)22)10-11-6-7-12-3-1-4-13(12)9-11/h6-7,9-10H,1-5,8H2,(H,19,20)/b14-10-. The molecule has 0 bridgehead atoms. The molecule has 4 nitrogen and oxygen atoms in total. The Kier molecular flexibility index (Phi) is 4.82. The average molecular weight is 347 g/mol. The normalized spacial score (nSPS) is 18.8. The molecule has 1 N–H and O–H groups in total. The Morgan fingerprint density at radius 3 is 2.91 bits per heavy atom. The van der Waals surface area contributed by atoms with Gasteiger partial charge in [0.15, 0.2) is 0 Å². The number of carbonyl (C=O) groups excluding carboxylic acids is 1. The van der Waals surface area contributed by atoms with Crippen LogP contribution in [0.2, 0.25) is 0 Å². The Morgan fingerprint density at radius 2 is 2.13 bits per heavy atom. The predicted octanol–water partition coefficient (Wildman–Crippen LogP) is 3.24. The fourth-order valence-electron chi connectivity index (χ4n) is 2.91. The second-order valence-corrected chi connectivity index (χ2v) is 7.39. The fourth-order valence-corrected chi connectivity index (χ4v) is 4.22. The lowest BCUT2D eigenvalue weighted by Crippen LogP contribution is -2.29. The van der Waals surface area contributed by atoms with Crippen LogP contribution in [-0.4, -0.2) is 32.7 Å². The van der Waals surface area contributed by atoms with Crippen LogP contribution in [0.1, 0.15) is 36.0 Å². The molecule has 3 rings (SSSR count). The molecular weight excluding hydrogens is 330 g/mol. The third kappa shape index (κ3) is 3.64. The van der Waals surface area contributed by atoms with Gasteiger partial charge in [-0.1, -0.05) is 42.2 Å². The van der Waals surface area contributed by atoms with E-state index in [4.69, 9.17) is 17.3 Å². The monoisotopic (exact) mass is 347 g/mol. The van der Waals surface area contributed by atoms with E-state index in [1.807, 2.05) is 12.1 Å².